The average molecular weight is 263 g/mol. The molecule has 0 saturated heterocycles. The van der Waals surface area contributed by atoms with Crippen LogP contribution < -0.4 is 0 Å². The number of aromatic nitrogens is 3. The Morgan fingerprint density at radius 3 is 2.39 bits per heavy atom. The smallest absolute Gasteiger partial charge is 0.126 e. The summed E-state index contributed by atoms with van der Waals surface area (Å²) in [5.41, 5.74) is 2.22. The Morgan fingerprint density at radius 1 is 1.22 bits per heavy atom. The lowest BCUT2D eigenvalue weighted by Gasteiger charge is -2.04. The first-order valence-corrected chi connectivity index (χ1v) is 7.26. The van der Waals surface area contributed by atoms with Gasteiger partial charge in [0.1, 0.15) is 11.3 Å². The summed E-state index contributed by atoms with van der Waals surface area (Å²) in [6.07, 6.45) is 6.28. The number of aryl methyl sites for hydroxylation is 1. The van der Waals surface area contributed by atoms with Gasteiger partial charge < -0.3 is 0 Å². The molecule has 2 rings (SSSR count). The Kier molecular flexibility index (Phi) is 5.92. The molecule has 0 N–H and O–H groups in total. The Labute approximate surface area is 113 Å². The van der Waals surface area contributed by atoms with E-state index in [-0.39, 0.29) is 0 Å². The molecule has 0 aliphatic rings. The predicted octanol–water partition coefficient (Wildman–Crippen LogP) is 4.45. The molecule has 0 amide bonds. The van der Waals surface area contributed by atoms with Crippen molar-refractivity contribution >= 4 is 11.3 Å². The molecule has 0 aliphatic heterocycles. The topological polar surface area (TPSA) is 38.7 Å². The Morgan fingerprint density at radius 2 is 1.83 bits per heavy atom. The fourth-order valence-electron chi connectivity index (χ4n) is 1.59. The molecule has 2 heterocycles. The normalized spacial score (nSPS) is 11.6. The van der Waals surface area contributed by atoms with Crippen LogP contribution in [0.3, 0.4) is 0 Å². The van der Waals surface area contributed by atoms with Crippen LogP contribution in [-0.2, 0) is 0 Å². The first-order chi connectivity index (χ1) is 8.72. The lowest BCUT2D eigenvalue weighted by atomic mass is 10.0. The van der Waals surface area contributed by atoms with Gasteiger partial charge in [0.2, 0.25) is 0 Å². The van der Waals surface area contributed by atoms with E-state index in [9.17, 15) is 0 Å². The summed E-state index contributed by atoms with van der Waals surface area (Å²) < 4.78 is 0. The highest BCUT2D eigenvalue weighted by atomic mass is 32.1. The Bertz CT molecular complexity index is 465. The quantitative estimate of drug-likeness (QED) is 0.821. The van der Waals surface area contributed by atoms with Gasteiger partial charge in [0.05, 0.1) is 5.69 Å². The first-order valence-electron chi connectivity index (χ1n) is 6.45. The van der Waals surface area contributed by atoms with Crippen molar-refractivity contribution in [3.05, 3.63) is 29.3 Å². The van der Waals surface area contributed by atoms with Gasteiger partial charge in [0.15, 0.2) is 0 Å². The number of hydrogen-bond donors (Lipinski definition) is 0. The van der Waals surface area contributed by atoms with E-state index in [0.717, 1.165) is 17.0 Å². The van der Waals surface area contributed by atoms with E-state index in [4.69, 9.17) is 0 Å². The molecule has 0 fully saturated rings. The van der Waals surface area contributed by atoms with Crippen molar-refractivity contribution in [1.29, 1.82) is 0 Å². The van der Waals surface area contributed by atoms with Gasteiger partial charge in [-0.25, -0.2) is 15.0 Å². The van der Waals surface area contributed by atoms with Crippen molar-refractivity contribution < 1.29 is 0 Å². The largest absolute Gasteiger partial charge is 0.244 e. The van der Waals surface area contributed by atoms with E-state index < -0.39 is 0 Å². The standard InChI is InChI=1S/C12H15N3S.C2H6/c1-4-8(2)11-9(3)16-12(15-11)10-5-13-7-14-6-10;1-2/h5-8H,4H2,1-3H3;1-2H3. The van der Waals surface area contributed by atoms with Crippen molar-refractivity contribution in [3.8, 4) is 10.6 Å². The fourth-order valence-corrected chi connectivity index (χ4v) is 2.60. The second kappa shape index (κ2) is 7.21. The summed E-state index contributed by atoms with van der Waals surface area (Å²) in [7, 11) is 0. The Balaban J connectivity index is 0.000000771. The minimum Gasteiger partial charge on any atom is -0.244 e. The molecule has 2 aromatic heterocycles. The average Bonchev–Trinajstić information content (AvgIpc) is 2.83. The van der Waals surface area contributed by atoms with Crippen LogP contribution in [0.15, 0.2) is 18.7 Å². The molecule has 4 heteroatoms. The third-order valence-corrected chi connectivity index (χ3v) is 3.75. The third-order valence-electron chi connectivity index (χ3n) is 2.72. The van der Waals surface area contributed by atoms with Crippen LogP contribution in [0.25, 0.3) is 10.6 Å². The molecule has 0 spiro atoms. The third kappa shape index (κ3) is 3.35. The van der Waals surface area contributed by atoms with Crippen LogP contribution in [0.2, 0.25) is 0 Å². The van der Waals surface area contributed by atoms with Gasteiger partial charge in [-0.1, -0.05) is 27.7 Å². The van der Waals surface area contributed by atoms with Gasteiger partial charge >= 0.3 is 0 Å². The molecule has 0 bridgehead atoms. The minimum absolute atomic E-state index is 0.523. The molecule has 0 radical (unpaired) electrons. The van der Waals surface area contributed by atoms with Gasteiger partial charge in [0.25, 0.3) is 0 Å². The number of rotatable bonds is 3. The molecule has 2 aromatic rings. The van der Waals surface area contributed by atoms with E-state index in [0.29, 0.717) is 5.92 Å². The zero-order valence-corrected chi connectivity index (χ0v) is 12.6. The monoisotopic (exact) mass is 263 g/mol. The molecule has 18 heavy (non-hydrogen) atoms. The van der Waals surface area contributed by atoms with E-state index >= 15 is 0 Å². The van der Waals surface area contributed by atoms with Crippen LogP contribution >= 0.6 is 11.3 Å². The van der Waals surface area contributed by atoms with Crippen LogP contribution in [0, 0.1) is 6.92 Å². The fraction of sp³-hybridized carbons (Fsp3) is 0.500. The molecule has 0 aliphatic carbocycles. The van der Waals surface area contributed by atoms with Gasteiger partial charge in [-0.2, -0.15) is 0 Å². The van der Waals surface area contributed by atoms with Crippen LogP contribution in [0.4, 0.5) is 0 Å². The highest BCUT2D eigenvalue weighted by Gasteiger charge is 2.13. The number of thiazole rings is 1. The zero-order chi connectivity index (χ0) is 13.5. The summed E-state index contributed by atoms with van der Waals surface area (Å²) in [6.45, 7) is 10.5. The molecule has 0 saturated carbocycles. The molecule has 3 nitrogen and oxygen atoms in total. The minimum atomic E-state index is 0.523. The summed E-state index contributed by atoms with van der Waals surface area (Å²) in [4.78, 5) is 14.0. The van der Waals surface area contributed by atoms with Crippen LogP contribution in [-0.4, -0.2) is 15.0 Å². The number of hydrogen-bond acceptors (Lipinski definition) is 4. The first kappa shape index (κ1) is 14.8. The lowest BCUT2D eigenvalue weighted by molar-refractivity contribution is 0.709. The summed E-state index contributed by atoms with van der Waals surface area (Å²) in [6, 6.07) is 0. The molecular weight excluding hydrogens is 242 g/mol. The molecular formula is C14H21N3S. The second-order valence-electron chi connectivity index (χ2n) is 3.90. The maximum atomic E-state index is 4.69. The van der Waals surface area contributed by atoms with Crippen molar-refractivity contribution in [3.63, 3.8) is 0 Å². The van der Waals surface area contributed by atoms with E-state index in [1.165, 1.54) is 10.6 Å². The van der Waals surface area contributed by atoms with Gasteiger partial charge in [-0.15, -0.1) is 11.3 Å². The highest BCUT2D eigenvalue weighted by molar-refractivity contribution is 7.15. The summed E-state index contributed by atoms with van der Waals surface area (Å²) in [5.74, 6) is 0.523. The van der Waals surface area contributed by atoms with Gasteiger partial charge in [0, 0.05) is 22.8 Å². The van der Waals surface area contributed by atoms with Crippen molar-refractivity contribution in [2.45, 2.75) is 47.0 Å². The predicted molar refractivity (Wildman–Crippen MR) is 77.9 cm³/mol. The van der Waals surface area contributed by atoms with E-state index in [1.54, 1.807) is 17.7 Å². The molecule has 1 unspecified atom stereocenters. The van der Waals surface area contributed by atoms with Crippen molar-refractivity contribution in [1.82, 2.24) is 15.0 Å². The van der Waals surface area contributed by atoms with Gasteiger partial charge in [-0.3, -0.25) is 0 Å². The van der Waals surface area contributed by atoms with Crippen molar-refractivity contribution in [2.24, 2.45) is 0 Å². The summed E-state index contributed by atoms with van der Waals surface area (Å²) in [5, 5.41) is 1.02. The molecule has 98 valence electrons. The zero-order valence-electron chi connectivity index (χ0n) is 11.8. The van der Waals surface area contributed by atoms with Crippen LogP contribution in [0.1, 0.15) is 50.6 Å². The second-order valence-corrected chi connectivity index (χ2v) is 5.10. The maximum Gasteiger partial charge on any atom is 0.126 e. The lowest BCUT2D eigenvalue weighted by Crippen LogP contribution is -1.93. The SMILES string of the molecule is CC.CCC(C)c1nc(-c2cncnc2)sc1C. The Hall–Kier alpha value is -1.29. The molecule has 1 atom stereocenters. The van der Waals surface area contributed by atoms with E-state index in [2.05, 4.69) is 35.7 Å². The molecule has 0 aromatic carbocycles. The maximum absolute atomic E-state index is 4.69. The number of nitrogens with zero attached hydrogens (tertiary/aromatic N) is 3. The van der Waals surface area contributed by atoms with Crippen molar-refractivity contribution in [2.75, 3.05) is 0 Å². The van der Waals surface area contributed by atoms with Crippen LogP contribution in [0.5, 0.6) is 0 Å². The highest BCUT2D eigenvalue weighted by Crippen LogP contribution is 2.31. The van der Waals surface area contributed by atoms with Gasteiger partial charge in [-0.05, 0) is 19.3 Å². The van der Waals surface area contributed by atoms with E-state index in [1.807, 2.05) is 26.2 Å². The summed E-state index contributed by atoms with van der Waals surface area (Å²) >= 11 is 1.72.